The molecule has 1 aliphatic heterocycles. The van der Waals surface area contributed by atoms with Crippen LogP contribution < -0.4 is 5.32 Å². The molecular weight excluding hydrogens is 303 g/mol. The van der Waals surface area contributed by atoms with E-state index in [1.807, 2.05) is 6.92 Å². The average Bonchev–Trinajstić information content (AvgIpc) is 2.63. The van der Waals surface area contributed by atoms with Crippen LogP contribution in [0.4, 0.5) is 4.79 Å². The van der Waals surface area contributed by atoms with Crippen LogP contribution in [0.15, 0.2) is 17.8 Å². The number of hydrogen-bond donors (Lipinski definition) is 2. The minimum Gasteiger partial charge on any atom is -0.506 e. The first-order chi connectivity index (χ1) is 9.43. The molecule has 0 radical (unpaired) electrons. The lowest BCUT2D eigenvalue weighted by molar-refractivity contribution is -0.122. The van der Waals surface area contributed by atoms with Gasteiger partial charge >= 0.3 is 6.03 Å². The lowest BCUT2D eigenvalue weighted by atomic mass is 10.1. The summed E-state index contributed by atoms with van der Waals surface area (Å²) in [5.74, 6) is -0.632. The topological polar surface area (TPSA) is 69.6 Å². The van der Waals surface area contributed by atoms with E-state index in [0.29, 0.717) is 18.0 Å². The zero-order valence-electron chi connectivity index (χ0n) is 10.6. The minimum absolute atomic E-state index is 0.0755. The molecule has 0 spiro atoms. The summed E-state index contributed by atoms with van der Waals surface area (Å²) in [6.45, 7) is 2.20. The zero-order chi connectivity index (χ0) is 14.9. The maximum atomic E-state index is 12.0. The van der Waals surface area contributed by atoms with Crippen LogP contribution in [0.5, 0.6) is 5.75 Å². The number of halogens is 2. The first-order valence-corrected chi connectivity index (χ1v) is 6.72. The fourth-order valence-corrected chi connectivity index (χ4v) is 2.36. The highest BCUT2D eigenvalue weighted by Gasteiger charge is 2.32. The molecule has 0 saturated carbocycles. The molecule has 1 aromatic carbocycles. The van der Waals surface area contributed by atoms with Crippen molar-refractivity contribution >= 4 is 41.2 Å². The Bertz CT molecular complexity index is 614. The summed E-state index contributed by atoms with van der Waals surface area (Å²) < 4.78 is 0. The van der Waals surface area contributed by atoms with Gasteiger partial charge in [0.25, 0.3) is 5.91 Å². The van der Waals surface area contributed by atoms with Gasteiger partial charge in [-0.15, -0.1) is 0 Å². The number of amides is 3. The molecule has 2 N–H and O–H groups in total. The van der Waals surface area contributed by atoms with Crippen molar-refractivity contribution in [1.29, 1.82) is 0 Å². The highest BCUT2D eigenvalue weighted by atomic mass is 35.5. The second-order valence-corrected chi connectivity index (χ2v) is 5.11. The number of rotatable bonds is 3. The van der Waals surface area contributed by atoms with E-state index < -0.39 is 11.9 Å². The van der Waals surface area contributed by atoms with Crippen LogP contribution in [0.2, 0.25) is 10.0 Å². The maximum Gasteiger partial charge on any atom is 0.329 e. The summed E-state index contributed by atoms with van der Waals surface area (Å²) in [6.07, 6.45) is 2.02. The van der Waals surface area contributed by atoms with Crippen molar-refractivity contribution in [2.75, 3.05) is 6.54 Å². The monoisotopic (exact) mass is 314 g/mol. The van der Waals surface area contributed by atoms with Crippen molar-refractivity contribution in [3.8, 4) is 5.75 Å². The molecule has 1 aliphatic rings. The Morgan fingerprint density at radius 2 is 2.05 bits per heavy atom. The van der Waals surface area contributed by atoms with Crippen molar-refractivity contribution in [3.05, 3.63) is 33.4 Å². The molecule has 0 aliphatic carbocycles. The molecule has 106 valence electrons. The third-order valence-corrected chi connectivity index (χ3v) is 3.27. The molecule has 7 heteroatoms. The summed E-state index contributed by atoms with van der Waals surface area (Å²) in [5, 5.41) is 12.7. The van der Waals surface area contributed by atoms with Gasteiger partial charge in [0.15, 0.2) is 0 Å². The van der Waals surface area contributed by atoms with Gasteiger partial charge in [0, 0.05) is 17.1 Å². The molecule has 3 amide bonds. The normalized spacial score (nSPS) is 16.9. The van der Waals surface area contributed by atoms with Gasteiger partial charge < -0.3 is 10.4 Å². The second kappa shape index (κ2) is 5.73. The van der Waals surface area contributed by atoms with Crippen molar-refractivity contribution in [2.24, 2.45) is 0 Å². The van der Waals surface area contributed by atoms with Crippen molar-refractivity contribution < 1.29 is 14.7 Å². The van der Waals surface area contributed by atoms with Gasteiger partial charge in [-0.2, -0.15) is 0 Å². The van der Waals surface area contributed by atoms with Crippen LogP contribution in [-0.2, 0) is 4.79 Å². The quantitative estimate of drug-likeness (QED) is 0.665. The highest BCUT2D eigenvalue weighted by Crippen LogP contribution is 2.32. The predicted octanol–water partition coefficient (Wildman–Crippen LogP) is 3.00. The van der Waals surface area contributed by atoms with Crippen molar-refractivity contribution in [1.82, 2.24) is 10.2 Å². The van der Waals surface area contributed by atoms with Crippen LogP contribution >= 0.6 is 23.2 Å². The Labute approximate surface area is 125 Å². The van der Waals surface area contributed by atoms with Crippen LogP contribution in [0.1, 0.15) is 18.9 Å². The van der Waals surface area contributed by atoms with Crippen LogP contribution in [-0.4, -0.2) is 28.5 Å². The number of carbonyl (C=O) groups is 2. The number of nitrogens with one attached hydrogen (secondary N) is 1. The second-order valence-electron chi connectivity index (χ2n) is 4.27. The van der Waals surface area contributed by atoms with Crippen LogP contribution in [0, 0.1) is 0 Å². The lowest BCUT2D eigenvalue weighted by Gasteiger charge is -2.08. The lowest BCUT2D eigenvalue weighted by Crippen LogP contribution is -2.31. The van der Waals surface area contributed by atoms with Gasteiger partial charge in [-0.05, 0) is 24.6 Å². The number of aromatic hydroxyl groups is 1. The Morgan fingerprint density at radius 1 is 1.35 bits per heavy atom. The number of phenolic OH excluding ortho intramolecular Hbond substituents is 1. The summed E-state index contributed by atoms with van der Waals surface area (Å²) in [5.41, 5.74) is 0.349. The van der Waals surface area contributed by atoms with Gasteiger partial charge in [0.05, 0.1) is 5.02 Å². The third kappa shape index (κ3) is 2.73. The number of benzene rings is 1. The van der Waals surface area contributed by atoms with Gasteiger partial charge in [0.1, 0.15) is 11.4 Å². The number of nitrogens with zero attached hydrogens (tertiary/aromatic N) is 1. The van der Waals surface area contributed by atoms with Crippen LogP contribution in [0.25, 0.3) is 6.08 Å². The molecule has 2 rings (SSSR count). The molecule has 0 aromatic heterocycles. The number of hydrogen-bond acceptors (Lipinski definition) is 3. The number of carbonyl (C=O) groups excluding carboxylic acids is 2. The minimum atomic E-state index is -0.476. The largest absolute Gasteiger partial charge is 0.506 e. The van der Waals surface area contributed by atoms with E-state index in [9.17, 15) is 14.7 Å². The fourth-order valence-electron chi connectivity index (χ4n) is 1.85. The molecule has 0 unspecified atom stereocenters. The Hall–Kier alpha value is -1.72. The highest BCUT2D eigenvalue weighted by molar-refractivity contribution is 6.36. The van der Waals surface area contributed by atoms with E-state index in [1.165, 1.54) is 18.2 Å². The molecule has 20 heavy (non-hydrogen) atoms. The van der Waals surface area contributed by atoms with E-state index >= 15 is 0 Å². The summed E-state index contributed by atoms with van der Waals surface area (Å²) >= 11 is 11.6. The molecule has 1 heterocycles. The fraction of sp³-hybridized carbons (Fsp3) is 0.231. The van der Waals surface area contributed by atoms with E-state index in [-0.39, 0.29) is 22.0 Å². The Morgan fingerprint density at radius 3 is 2.70 bits per heavy atom. The van der Waals surface area contributed by atoms with E-state index in [1.54, 1.807) is 0 Å². The van der Waals surface area contributed by atoms with E-state index in [4.69, 9.17) is 23.2 Å². The average molecular weight is 315 g/mol. The van der Waals surface area contributed by atoms with E-state index in [0.717, 1.165) is 4.90 Å². The van der Waals surface area contributed by atoms with Gasteiger partial charge in [-0.1, -0.05) is 30.1 Å². The first-order valence-electron chi connectivity index (χ1n) is 5.96. The number of phenols is 1. The van der Waals surface area contributed by atoms with Crippen LogP contribution in [0.3, 0.4) is 0 Å². The number of imide groups is 1. The Balaban J connectivity index is 2.38. The standard InChI is InChI=1S/C13H12Cl2N2O3/c1-2-3-17-12(19)10(16-13(17)20)5-7-4-8(14)6-9(15)11(7)18/h4-6,18H,2-3H2,1H3,(H,16,20)/b10-5+. The molecular formula is C13H12Cl2N2O3. The SMILES string of the molecule is CCCN1C(=O)N/C(=C/c2cc(Cl)cc(Cl)c2O)C1=O. The zero-order valence-corrected chi connectivity index (χ0v) is 12.1. The van der Waals surface area contributed by atoms with Gasteiger partial charge in [0.2, 0.25) is 0 Å². The molecule has 1 fully saturated rings. The summed E-state index contributed by atoms with van der Waals surface area (Å²) in [7, 11) is 0. The first kappa shape index (κ1) is 14.7. The maximum absolute atomic E-state index is 12.0. The molecule has 1 saturated heterocycles. The van der Waals surface area contributed by atoms with Gasteiger partial charge in [-0.3, -0.25) is 9.69 Å². The molecule has 0 atom stereocenters. The predicted molar refractivity (Wildman–Crippen MR) is 76.6 cm³/mol. The van der Waals surface area contributed by atoms with E-state index in [2.05, 4.69) is 5.32 Å². The van der Waals surface area contributed by atoms with Crippen molar-refractivity contribution in [2.45, 2.75) is 13.3 Å². The van der Waals surface area contributed by atoms with Crippen molar-refractivity contribution in [3.63, 3.8) is 0 Å². The van der Waals surface area contributed by atoms with Gasteiger partial charge in [-0.25, -0.2) is 4.79 Å². The molecule has 5 nitrogen and oxygen atoms in total. The summed E-state index contributed by atoms with van der Waals surface area (Å²) in [4.78, 5) is 24.8. The number of urea groups is 1. The molecule has 0 bridgehead atoms. The summed E-state index contributed by atoms with van der Waals surface area (Å²) in [6, 6.07) is 2.37. The smallest absolute Gasteiger partial charge is 0.329 e. The Kier molecular flexibility index (Phi) is 4.20. The third-order valence-electron chi connectivity index (χ3n) is 2.77. The molecule has 1 aromatic rings.